The van der Waals surface area contributed by atoms with Crippen molar-refractivity contribution in [3.63, 3.8) is 0 Å². The molecule has 0 bridgehead atoms. The lowest BCUT2D eigenvalue weighted by molar-refractivity contribution is 0.0942. The summed E-state index contributed by atoms with van der Waals surface area (Å²) in [6, 6.07) is 8.23. The second-order valence-corrected chi connectivity index (χ2v) is 4.73. The van der Waals surface area contributed by atoms with Crippen molar-refractivity contribution in [2.45, 2.75) is 26.3 Å². The van der Waals surface area contributed by atoms with Crippen LogP contribution in [0.4, 0.5) is 0 Å². The molecule has 0 aliphatic carbocycles. The van der Waals surface area contributed by atoms with E-state index in [0.717, 1.165) is 0 Å². The van der Waals surface area contributed by atoms with E-state index in [4.69, 9.17) is 16.9 Å². The lowest BCUT2D eigenvalue weighted by Gasteiger charge is -2.13. The van der Waals surface area contributed by atoms with E-state index in [9.17, 15) is 4.79 Å². The fourth-order valence-electron chi connectivity index (χ4n) is 1.46. The van der Waals surface area contributed by atoms with E-state index >= 15 is 0 Å². The van der Waals surface area contributed by atoms with Gasteiger partial charge in [0.1, 0.15) is 6.04 Å². The largest absolute Gasteiger partial charge is 0.336 e. The second kappa shape index (κ2) is 6.27. The Labute approximate surface area is 106 Å². The molecule has 0 saturated heterocycles. The highest BCUT2D eigenvalue weighted by Gasteiger charge is 2.14. The van der Waals surface area contributed by atoms with Gasteiger partial charge in [0.25, 0.3) is 5.91 Å². The number of carbonyl (C=O) groups excluding carboxylic acids is 1. The highest BCUT2D eigenvalue weighted by Crippen LogP contribution is 2.10. The van der Waals surface area contributed by atoms with Crippen molar-refractivity contribution in [3.05, 3.63) is 34.9 Å². The van der Waals surface area contributed by atoms with E-state index in [1.165, 1.54) is 0 Å². The molecule has 0 unspecified atom stereocenters. The average molecular weight is 251 g/mol. The van der Waals surface area contributed by atoms with Gasteiger partial charge in [-0.3, -0.25) is 4.79 Å². The Balaban J connectivity index is 2.65. The number of hydrogen-bond donors (Lipinski definition) is 1. The van der Waals surface area contributed by atoms with Crippen LogP contribution in [0, 0.1) is 17.2 Å². The molecular weight excluding hydrogens is 236 g/mol. The Morgan fingerprint density at radius 1 is 1.41 bits per heavy atom. The molecule has 0 fully saturated rings. The maximum atomic E-state index is 11.8. The zero-order valence-electron chi connectivity index (χ0n) is 9.90. The van der Waals surface area contributed by atoms with Crippen LogP contribution in [-0.4, -0.2) is 11.9 Å². The van der Waals surface area contributed by atoms with Crippen LogP contribution in [0.15, 0.2) is 24.3 Å². The molecule has 17 heavy (non-hydrogen) atoms. The minimum atomic E-state index is -0.446. The molecule has 1 N–H and O–H groups in total. The summed E-state index contributed by atoms with van der Waals surface area (Å²) in [5.41, 5.74) is 0.512. The van der Waals surface area contributed by atoms with Crippen molar-refractivity contribution in [2.24, 2.45) is 5.92 Å². The molecule has 0 spiro atoms. The number of amides is 1. The molecule has 0 radical (unpaired) electrons. The predicted molar refractivity (Wildman–Crippen MR) is 67.8 cm³/mol. The van der Waals surface area contributed by atoms with Gasteiger partial charge in [-0.05, 0) is 36.6 Å². The molecule has 0 aromatic heterocycles. The first kappa shape index (κ1) is 13.5. The Bertz CT molecular complexity index is 420. The lowest BCUT2D eigenvalue weighted by atomic mass is 10.0. The van der Waals surface area contributed by atoms with Gasteiger partial charge in [0.2, 0.25) is 0 Å². The summed E-state index contributed by atoms with van der Waals surface area (Å²) in [7, 11) is 0. The van der Waals surface area contributed by atoms with Gasteiger partial charge in [0.05, 0.1) is 6.07 Å². The summed E-state index contributed by atoms with van der Waals surface area (Å²) in [6.07, 6.45) is 0.649. The Morgan fingerprint density at radius 2 is 2.00 bits per heavy atom. The number of carbonyl (C=O) groups is 1. The van der Waals surface area contributed by atoms with Crippen LogP contribution >= 0.6 is 11.6 Å². The van der Waals surface area contributed by atoms with Gasteiger partial charge in [-0.15, -0.1) is 0 Å². The van der Waals surface area contributed by atoms with Crippen molar-refractivity contribution >= 4 is 17.5 Å². The number of nitrogens with zero attached hydrogens (tertiary/aromatic N) is 1. The van der Waals surface area contributed by atoms with Gasteiger partial charge in [-0.2, -0.15) is 5.26 Å². The van der Waals surface area contributed by atoms with Crippen LogP contribution in [0.1, 0.15) is 30.6 Å². The zero-order chi connectivity index (χ0) is 12.8. The Hall–Kier alpha value is -1.53. The van der Waals surface area contributed by atoms with Crippen molar-refractivity contribution in [1.29, 1.82) is 5.26 Å². The highest BCUT2D eigenvalue weighted by molar-refractivity contribution is 6.30. The summed E-state index contributed by atoms with van der Waals surface area (Å²) >= 11 is 5.73. The first-order valence-electron chi connectivity index (χ1n) is 5.49. The number of rotatable bonds is 4. The zero-order valence-corrected chi connectivity index (χ0v) is 10.7. The fraction of sp³-hybridized carbons (Fsp3) is 0.385. The first-order valence-corrected chi connectivity index (χ1v) is 5.86. The monoisotopic (exact) mass is 250 g/mol. The van der Waals surface area contributed by atoms with E-state index < -0.39 is 6.04 Å². The summed E-state index contributed by atoms with van der Waals surface area (Å²) in [5, 5.41) is 12.2. The molecular formula is C13H15ClN2O. The quantitative estimate of drug-likeness (QED) is 0.893. The normalized spacial score (nSPS) is 11.9. The van der Waals surface area contributed by atoms with Gasteiger partial charge >= 0.3 is 0 Å². The maximum Gasteiger partial charge on any atom is 0.252 e. The van der Waals surface area contributed by atoms with Crippen LogP contribution in [0.5, 0.6) is 0 Å². The molecule has 1 amide bonds. The minimum Gasteiger partial charge on any atom is -0.336 e. The standard InChI is InChI=1S/C13H15ClN2O/c1-9(2)7-12(8-15)16-13(17)10-3-5-11(14)6-4-10/h3-6,9,12H,7H2,1-2H3,(H,16,17)/t12-/m1/s1. The van der Waals surface area contributed by atoms with E-state index in [0.29, 0.717) is 22.9 Å². The summed E-state index contributed by atoms with van der Waals surface area (Å²) in [5.74, 6) is 0.124. The third-order valence-corrected chi connectivity index (χ3v) is 2.53. The first-order chi connectivity index (χ1) is 8.02. The number of halogens is 1. The van der Waals surface area contributed by atoms with Crippen LogP contribution < -0.4 is 5.32 Å². The minimum absolute atomic E-state index is 0.242. The molecule has 0 aliphatic heterocycles. The van der Waals surface area contributed by atoms with Gasteiger partial charge in [-0.25, -0.2) is 0 Å². The van der Waals surface area contributed by atoms with E-state index in [1.54, 1.807) is 24.3 Å². The topological polar surface area (TPSA) is 52.9 Å². The van der Waals surface area contributed by atoms with Crippen molar-refractivity contribution in [3.8, 4) is 6.07 Å². The van der Waals surface area contributed by atoms with Crippen LogP contribution in [0.2, 0.25) is 5.02 Å². The van der Waals surface area contributed by atoms with Crippen LogP contribution in [0.25, 0.3) is 0 Å². The number of benzene rings is 1. The molecule has 1 atom stereocenters. The molecule has 0 saturated carbocycles. The van der Waals surface area contributed by atoms with E-state index in [2.05, 4.69) is 11.4 Å². The third kappa shape index (κ3) is 4.46. The molecule has 0 heterocycles. The molecule has 3 nitrogen and oxygen atoms in total. The Kier molecular flexibility index (Phi) is 4.99. The maximum absolute atomic E-state index is 11.8. The van der Waals surface area contributed by atoms with Crippen LogP contribution in [-0.2, 0) is 0 Å². The van der Waals surface area contributed by atoms with Gasteiger partial charge < -0.3 is 5.32 Å². The van der Waals surface area contributed by atoms with Crippen molar-refractivity contribution in [1.82, 2.24) is 5.32 Å². The summed E-state index contributed by atoms with van der Waals surface area (Å²) in [6.45, 7) is 4.03. The van der Waals surface area contributed by atoms with Crippen LogP contribution in [0.3, 0.4) is 0 Å². The van der Waals surface area contributed by atoms with E-state index in [-0.39, 0.29) is 5.91 Å². The van der Waals surface area contributed by atoms with Crippen molar-refractivity contribution in [2.75, 3.05) is 0 Å². The van der Waals surface area contributed by atoms with Gasteiger partial charge in [0, 0.05) is 10.6 Å². The molecule has 1 aromatic carbocycles. The number of nitriles is 1. The second-order valence-electron chi connectivity index (χ2n) is 4.29. The predicted octanol–water partition coefficient (Wildman–Crippen LogP) is 3.01. The number of hydrogen-bond acceptors (Lipinski definition) is 2. The van der Waals surface area contributed by atoms with Gasteiger partial charge in [0.15, 0.2) is 0 Å². The van der Waals surface area contributed by atoms with Gasteiger partial charge in [-0.1, -0.05) is 25.4 Å². The SMILES string of the molecule is CC(C)C[C@H](C#N)NC(=O)c1ccc(Cl)cc1. The third-order valence-electron chi connectivity index (χ3n) is 2.27. The molecule has 90 valence electrons. The molecule has 4 heteroatoms. The summed E-state index contributed by atoms with van der Waals surface area (Å²) in [4.78, 5) is 11.8. The molecule has 1 aromatic rings. The van der Waals surface area contributed by atoms with E-state index in [1.807, 2.05) is 13.8 Å². The van der Waals surface area contributed by atoms with Crippen molar-refractivity contribution < 1.29 is 4.79 Å². The highest BCUT2D eigenvalue weighted by atomic mass is 35.5. The Morgan fingerprint density at radius 3 is 2.47 bits per heavy atom. The summed E-state index contributed by atoms with van der Waals surface area (Å²) < 4.78 is 0. The fourth-order valence-corrected chi connectivity index (χ4v) is 1.58. The molecule has 1 rings (SSSR count). The number of nitrogens with one attached hydrogen (secondary N) is 1. The smallest absolute Gasteiger partial charge is 0.252 e. The lowest BCUT2D eigenvalue weighted by Crippen LogP contribution is -2.34. The molecule has 0 aliphatic rings. The average Bonchev–Trinajstić information content (AvgIpc) is 2.28.